The van der Waals surface area contributed by atoms with Gasteiger partial charge < -0.3 is 4.74 Å². The Morgan fingerprint density at radius 3 is 1.90 bits per heavy atom. The van der Waals surface area contributed by atoms with Gasteiger partial charge in [-0.15, -0.1) is 5.92 Å². The zero-order valence-electron chi connectivity index (χ0n) is 17.3. The van der Waals surface area contributed by atoms with Gasteiger partial charge >= 0.3 is 5.97 Å². The molecule has 29 heavy (non-hydrogen) atoms. The van der Waals surface area contributed by atoms with Gasteiger partial charge in [-0.3, -0.25) is 4.79 Å². The molecule has 0 atom stereocenters. The number of carbonyl (C=O) groups excluding carboxylic acids is 1. The molecule has 0 N–H and O–H groups in total. The molecular weight excluding hydrogens is 356 g/mol. The highest BCUT2D eigenvalue weighted by molar-refractivity contribution is 5.75. The highest BCUT2D eigenvalue weighted by atomic mass is 16.5. The molecule has 0 spiro atoms. The van der Waals surface area contributed by atoms with E-state index in [9.17, 15) is 4.79 Å². The SMILES string of the molecule is CC#Cc1ccc(C#Cc2ccc(OC(=O)[C@H]3CC[C@H](CCC)CC3)cc2)cc1. The summed E-state index contributed by atoms with van der Waals surface area (Å²) >= 11 is 0. The highest BCUT2D eigenvalue weighted by Gasteiger charge is 2.27. The second kappa shape index (κ2) is 10.5. The molecule has 0 heterocycles. The number of ether oxygens (including phenoxy) is 1. The summed E-state index contributed by atoms with van der Waals surface area (Å²) in [5.41, 5.74) is 2.83. The van der Waals surface area contributed by atoms with Crippen molar-refractivity contribution in [2.45, 2.75) is 52.4 Å². The Morgan fingerprint density at radius 1 is 0.862 bits per heavy atom. The molecule has 0 saturated heterocycles. The maximum absolute atomic E-state index is 12.4. The molecule has 0 radical (unpaired) electrons. The van der Waals surface area contributed by atoms with Crippen molar-refractivity contribution in [3.8, 4) is 29.4 Å². The van der Waals surface area contributed by atoms with Crippen molar-refractivity contribution in [2.75, 3.05) is 0 Å². The minimum atomic E-state index is -0.0888. The Hall–Kier alpha value is -2.97. The summed E-state index contributed by atoms with van der Waals surface area (Å²) in [5.74, 6) is 13.5. The quantitative estimate of drug-likeness (QED) is 0.369. The van der Waals surface area contributed by atoms with Crippen LogP contribution in [0.25, 0.3) is 0 Å². The van der Waals surface area contributed by atoms with Crippen molar-refractivity contribution >= 4 is 5.97 Å². The summed E-state index contributed by atoms with van der Waals surface area (Å²) in [7, 11) is 0. The minimum absolute atomic E-state index is 0.0444. The number of carbonyl (C=O) groups is 1. The van der Waals surface area contributed by atoms with Crippen molar-refractivity contribution < 1.29 is 9.53 Å². The Labute approximate surface area is 174 Å². The van der Waals surface area contributed by atoms with Gasteiger partial charge in [-0.05, 0) is 87.1 Å². The summed E-state index contributed by atoms with van der Waals surface area (Å²) in [6.07, 6.45) is 6.71. The lowest BCUT2D eigenvalue weighted by Gasteiger charge is -2.26. The van der Waals surface area contributed by atoms with Crippen molar-refractivity contribution in [2.24, 2.45) is 11.8 Å². The summed E-state index contributed by atoms with van der Waals surface area (Å²) in [6, 6.07) is 15.3. The molecule has 1 saturated carbocycles. The van der Waals surface area contributed by atoms with E-state index in [0.717, 1.165) is 48.3 Å². The Morgan fingerprint density at radius 2 is 1.38 bits per heavy atom. The molecule has 2 heteroatoms. The first-order valence-electron chi connectivity index (χ1n) is 10.5. The van der Waals surface area contributed by atoms with Crippen LogP contribution in [0.4, 0.5) is 0 Å². The van der Waals surface area contributed by atoms with E-state index in [1.165, 1.54) is 12.8 Å². The monoisotopic (exact) mass is 384 g/mol. The second-order valence-electron chi connectivity index (χ2n) is 7.65. The lowest BCUT2D eigenvalue weighted by atomic mass is 9.80. The van der Waals surface area contributed by atoms with Crippen LogP contribution in [0.3, 0.4) is 0 Å². The Bertz CT molecular complexity index is 923. The lowest BCUT2D eigenvalue weighted by Crippen LogP contribution is -2.25. The van der Waals surface area contributed by atoms with Gasteiger partial charge in [0.1, 0.15) is 5.75 Å². The van der Waals surface area contributed by atoms with E-state index < -0.39 is 0 Å². The topological polar surface area (TPSA) is 26.3 Å². The molecule has 0 bridgehead atoms. The molecule has 0 amide bonds. The van der Waals surface area contributed by atoms with Crippen molar-refractivity contribution in [1.82, 2.24) is 0 Å². The smallest absolute Gasteiger partial charge is 0.314 e. The van der Waals surface area contributed by atoms with E-state index in [0.29, 0.717) is 5.75 Å². The summed E-state index contributed by atoms with van der Waals surface area (Å²) < 4.78 is 5.60. The van der Waals surface area contributed by atoms with Gasteiger partial charge in [-0.1, -0.05) is 37.5 Å². The van der Waals surface area contributed by atoms with E-state index >= 15 is 0 Å². The minimum Gasteiger partial charge on any atom is -0.426 e. The fraction of sp³-hybridized carbons (Fsp3) is 0.370. The predicted octanol–water partition coefficient (Wildman–Crippen LogP) is 5.97. The summed E-state index contributed by atoms with van der Waals surface area (Å²) in [6.45, 7) is 4.06. The van der Waals surface area contributed by atoms with Gasteiger partial charge in [0.2, 0.25) is 0 Å². The van der Waals surface area contributed by atoms with Crippen LogP contribution in [0.15, 0.2) is 48.5 Å². The van der Waals surface area contributed by atoms with E-state index in [1.54, 1.807) is 0 Å². The molecule has 3 rings (SSSR count). The van der Waals surface area contributed by atoms with E-state index in [2.05, 4.69) is 30.6 Å². The molecule has 148 valence electrons. The normalized spacial score (nSPS) is 18.0. The van der Waals surface area contributed by atoms with Gasteiger partial charge in [0, 0.05) is 16.7 Å². The number of rotatable bonds is 4. The molecule has 0 aliphatic heterocycles. The van der Waals surface area contributed by atoms with Crippen LogP contribution in [0.5, 0.6) is 5.75 Å². The van der Waals surface area contributed by atoms with Crippen LogP contribution in [0.2, 0.25) is 0 Å². The molecule has 1 fully saturated rings. The highest BCUT2D eigenvalue weighted by Crippen LogP contribution is 2.32. The average Bonchev–Trinajstić information content (AvgIpc) is 2.75. The van der Waals surface area contributed by atoms with Gasteiger partial charge in [0.25, 0.3) is 0 Å². The molecule has 0 unspecified atom stereocenters. The number of hydrogen-bond donors (Lipinski definition) is 0. The zero-order chi connectivity index (χ0) is 20.5. The van der Waals surface area contributed by atoms with E-state index in [4.69, 9.17) is 4.74 Å². The fourth-order valence-corrected chi connectivity index (χ4v) is 3.83. The zero-order valence-corrected chi connectivity index (χ0v) is 17.3. The summed E-state index contributed by atoms with van der Waals surface area (Å²) in [4.78, 5) is 12.4. The number of esters is 1. The van der Waals surface area contributed by atoms with Gasteiger partial charge in [0.05, 0.1) is 5.92 Å². The standard InChI is InChI=1S/C27H28O2/c1-3-5-21-7-9-23(10-8-21)11-12-24-15-19-26(20-16-24)29-27(28)25-17-13-22(6-4-2)14-18-25/h7-10,15-16,19-20,22,25H,4,6,13-14,17-18H2,1-2H3/t22-,25-. The fourth-order valence-electron chi connectivity index (χ4n) is 3.83. The maximum atomic E-state index is 12.4. The third-order valence-electron chi connectivity index (χ3n) is 5.46. The molecule has 2 nitrogen and oxygen atoms in total. The Kier molecular flexibility index (Phi) is 7.54. The van der Waals surface area contributed by atoms with Crippen LogP contribution in [0, 0.1) is 35.5 Å². The van der Waals surface area contributed by atoms with E-state index in [1.807, 2.05) is 55.5 Å². The molecular formula is C27H28O2. The largest absolute Gasteiger partial charge is 0.426 e. The molecule has 1 aliphatic rings. The third kappa shape index (κ3) is 6.27. The van der Waals surface area contributed by atoms with Crippen LogP contribution in [0.1, 0.15) is 69.1 Å². The molecule has 2 aromatic rings. The average molecular weight is 385 g/mol. The molecule has 0 aromatic heterocycles. The summed E-state index contributed by atoms with van der Waals surface area (Å²) in [5, 5.41) is 0. The first-order valence-corrected chi connectivity index (χ1v) is 10.5. The van der Waals surface area contributed by atoms with Gasteiger partial charge in [-0.25, -0.2) is 0 Å². The predicted molar refractivity (Wildman–Crippen MR) is 117 cm³/mol. The van der Waals surface area contributed by atoms with Gasteiger partial charge in [0.15, 0.2) is 0 Å². The van der Waals surface area contributed by atoms with Crippen LogP contribution in [-0.2, 0) is 4.79 Å². The molecule has 2 aromatic carbocycles. The lowest BCUT2D eigenvalue weighted by molar-refractivity contribution is -0.140. The first-order chi connectivity index (χ1) is 14.2. The number of benzene rings is 2. The van der Waals surface area contributed by atoms with Gasteiger partial charge in [-0.2, -0.15) is 0 Å². The molecule has 1 aliphatic carbocycles. The van der Waals surface area contributed by atoms with Crippen molar-refractivity contribution in [1.29, 1.82) is 0 Å². The Balaban J connectivity index is 1.54. The van der Waals surface area contributed by atoms with Crippen LogP contribution in [-0.4, -0.2) is 5.97 Å². The number of hydrogen-bond acceptors (Lipinski definition) is 2. The van der Waals surface area contributed by atoms with E-state index in [-0.39, 0.29) is 11.9 Å². The third-order valence-corrected chi connectivity index (χ3v) is 5.46. The maximum Gasteiger partial charge on any atom is 0.314 e. The first kappa shape index (κ1) is 20.8. The van der Waals surface area contributed by atoms with Crippen molar-refractivity contribution in [3.63, 3.8) is 0 Å². The van der Waals surface area contributed by atoms with Crippen molar-refractivity contribution in [3.05, 3.63) is 65.2 Å². The second-order valence-corrected chi connectivity index (χ2v) is 7.65. The van der Waals surface area contributed by atoms with Crippen LogP contribution < -0.4 is 4.74 Å². The van der Waals surface area contributed by atoms with Crippen LogP contribution >= 0.6 is 0 Å².